The molecule has 2 rings (SSSR count). The molecule has 1 atom stereocenters. The molecule has 0 saturated carbocycles. The highest BCUT2D eigenvalue weighted by molar-refractivity contribution is 7.18. The van der Waals surface area contributed by atoms with Crippen LogP contribution in [0.2, 0.25) is 5.28 Å². The molecule has 0 aromatic carbocycles. The molecule has 1 unspecified atom stereocenters. The normalized spacial score (nSPS) is 13.7. The largest absolute Gasteiger partial charge is 0.396 e. The number of hydrogen-bond donors (Lipinski definition) is 2. The molecule has 110 valence electrons. The van der Waals surface area contributed by atoms with Crippen LogP contribution >= 0.6 is 22.9 Å². The number of aryl methyl sites for hydroxylation is 1. The first-order chi connectivity index (χ1) is 9.31. The van der Waals surface area contributed by atoms with E-state index in [0.29, 0.717) is 6.42 Å². The van der Waals surface area contributed by atoms with Crippen molar-refractivity contribution < 1.29 is 5.11 Å². The van der Waals surface area contributed by atoms with E-state index in [1.54, 1.807) is 11.3 Å². The highest BCUT2D eigenvalue weighted by Gasteiger charge is 2.25. The second kappa shape index (κ2) is 5.84. The van der Waals surface area contributed by atoms with E-state index in [1.807, 2.05) is 6.92 Å². The molecule has 0 spiro atoms. The minimum Gasteiger partial charge on any atom is -0.396 e. The van der Waals surface area contributed by atoms with Crippen LogP contribution in [-0.4, -0.2) is 27.7 Å². The fourth-order valence-electron chi connectivity index (χ4n) is 2.14. The number of aliphatic hydroxyl groups excluding tert-OH is 1. The molecular formula is C14H20ClN3OS. The summed E-state index contributed by atoms with van der Waals surface area (Å²) < 4.78 is 0. The van der Waals surface area contributed by atoms with Gasteiger partial charge in [-0.05, 0) is 36.4 Å². The molecule has 0 fully saturated rings. The van der Waals surface area contributed by atoms with Gasteiger partial charge in [-0.1, -0.05) is 20.8 Å². The molecule has 2 heterocycles. The van der Waals surface area contributed by atoms with Crippen LogP contribution in [0.4, 0.5) is 5.82 Å². The number of anilines is 1. The Labute approximate surface area is 128 Å². The van der Waals surface area contributed by atoms with Gasteiger partial charge in [-0.15, -0.1) is 11.3 Å². The van der Waals surface area contributed by atoms with E-state index >= 15 is 0 Å². The Morgan fingerprint density at radius 2 is 2.10 bits per heavy atom. The Bertz CT molecular complexity index is 606. The molecule has 6 heteroatoms. The zero-order chi connectivity index (χ0) is 14.9. The molecule has 0 bridgehead atoms. The quantitative estimate of drug-likeness (QED) is 0.841. The Balaban J connectivity index is 2.41. The van der Waals surface area contributed by atoms with Gasteiger partial charge in [-0.3, -0.25) is 0 Å². The highest BCUT2D eigenvalue weighted by Crippen LogP contribution is 2.32. The van der Waals surface area contributed by atoms with Crippen LogP contribution in [-0.2, 0) is 0 Å². The number of halogens is 1. The van der Waals surface area contributed by atoms with Crippen molar-refractivity contribution in [3.63, 3.8) is 0 Å². The number of aliphatic hydroxyl groups is 1. The van der Waals surface area contributed by atoms with Crippen molar-refractivity contribution in [3.05, 3.63) is 16.2 Å². The molecular weight excluding hydrogens is 294 g/mol. The lowest BCUT2D eigenvalue weighted by atomic mass is 9.85. The zero-order valence-electron chi connectivity index (χ0n) is 12.2. The van der Waals surface area contributed by atoms with Crippen molar-refractivity contribution >= 4 is 39.0 Å². The van der Waals surface area contributed by atoms with Crippen LogP contribution < -0.4 is 5.32 Å². The Morgan fingerprint density at radius 3 is 2.70 bits per heavy atom. The Morgan fingerprint density at radius 1 is 1.40 bits per heavy atom. The summed E-state index contributed by atoms with van der Waals surface area (Å²) in [5.74, 6) is 0.748. The minimum absolute atomic E-state index is 0.0115. The van der Waals surface area contributed by atoms with Crippen molar-refractivity contribution in [1.29, 1.82) is 0 Å². The van der Waals surface area contributed by atoms with Gasteiger partial charge >= 0.3 is 0 Å². The Kier molecular flexibility index (Phi) is 4.52. The predicted octanol–water partition coefficient (Wildman–Crippen LogP) is 3.86. The monoisotopic (exact) mass is 313 g/mol. The molecule has 0 radical (unpaired) electrons. The van der Waals surface area contributed by atoms with E-state index in [0.717, 1.165) is 16.0 Å². The molecule has 20 heavy (non-hydrogen) atoms. The van der Waals surface area contributed by atoms with Crippen LogP contribution in [0, 0.1) is 12.3 Å². The van der Waals surface area contributed by atoms with Gasteiger partial charge in [-0.25, -0.2) is 9.97 Å². The van der Waals surface area contributed by atoms with Crippen LogP contribution in [0.5, 0.6) is 0 Å². The summed E-state index contributed by atoms with van der Waals surface area (Å²) in [4.78, 5) is 10.6. The van der Waals surface area contributed by atoms with Crippen LogP contribution in [0.3, 0.4) is 0 Å². The smallest absolute Gasteiger partial charge is 0.225 e. The van der Waals surface area contributed by atoms with Crippen molar-refractivity contribution in [2.24, 2.45) is 5.41 Å². The fourth-order valence-corrected chi connectivity index (χ4v) is 3.24. The Hall–Kier alpha value is -0.910. The van der Waals surface area contributed by atoms with Crippen LogP contribution in [0.1, 0.15) is 32.1 Å². The van der Waals surface area contributed by atoms with E-state index in [4.69, 9.17) is 11.6 Å². The lowest BCUT2D eigenvalue weighted by molar-refractivity contribution is 0.235. The summed E-state index contributed by atoms with van der Waals surface area (Å²) in [5, 5.41) is 13.9. The lowest BCUT2D eigenvalue weighted by Gasteiger charge is -2.31. The summed E-state index contributed by atoms with van der Waals surface area (Å²) in [6, 6.07) is 2.18. The SMILES string of the molecule is Cc1cc2c(NC(CCO)C(C)(C)C)nc(Cl)nc2s1. The van der Waals surface area contributed by atoms with E-state index in [-0.39, 0.29) is 23.3 Å². The van der Waals surface area contributed by atoms with Crippen LogP contribution in [0.25, 0.3) is 10.2 Å². The van der Waals surface area contributed by atoms with Crippen molar-refractivity contribution in [2.75, 3.05) is 11.9 Å². The number of thiophene rings is 1. The highest BCUT2D eigenvalue weighted by atomic mass is 35.5. The third kappa shape index (κ3) is 3.40. The van der Waals surface area contributed by atoms with Gasteiger partial charge in [0.1, 0.15) is 10.6 Å². The molecule has 4 nitrogen and oxygen atoms in total. The first-order valence-corrected chi connectivity index (χ1v) is 7.82. The molecule has 0 amide bonds. The van der Waals surface area contributed by atoms with E-state index < -0.39 is 0 Å². The first kappa shape index (κ1) is 15.5. The van der Waals surface area contributed by atoms with Gasteiger partial charge in [0.2, 0.25) is 5.28 Å². The van der Waals surface area contributed by atoms with Gasteiger partial charge in [0.15, 0.2) is 0 Å². The predicted molar refractivity (Wildman–Crippen MR) is 85.7 cm³/mol. The van der Waals surface area contributed by atoms with E-state index in [2.05, 4.69) is 42.1 Å². The maximum Gasteiger partial charge on any atom is 0.225 e. The molecule has 2 aromatic heterocycles. The molecule has 0 aliphatic carbocycles. The van der Waals surface area contributed by atoms with Gasteiger partial charge < -0.3 is 10.4 Å². The number of hydrogen-bond acceptors (Lipinski definition) is 5. The lowest BCUT2D eigenvalue weighted by Crippen LogP contribution is -2.35. The third-order valence-corrected chi connectivity index (χ3v) is 4.38. The van der Waals surface area contributed by atoms with Gasteiger partial charge in [0.25, 0.3) is 0 Å². The summed E-state index contributed by atoms with van der Waals surface area (Å²) in [7, 11) is 0. The molecule has 2 aromatic rings. The summed E-state index contributed by atoms with van der Waals surface area (Å²) in [6.07, 6.45) is 0.662. The maximum atomic E-state index is 9.25. The standard InChI is InChI=1S/C14H20ClN3OS/c1-8-7-9-11(17-13(15)18-12(9)20-8)16-10(5-6-19)14(2,3)4/h7,10,19H,5-6H2,1-4H3,(H,16,17,18). The molecule has 2 N–H and O–H groups in total. The number of fused-ring (bicyclic) bond motifs is 1. The number of rotatable bonds is 4. The molecule has 0 aliphatic rings. The number of nitrogens with one attached hydrogen (secondary N) is 1. The van der Waals surface area contributed by atoms with Crippen molar-refractivity contribution in [3.8, 4) is 0 Å². The zero-order valence-corrected chi connectivity index (χ0v) is 13.8. The summed E-state index contributed by atoms with van der Waals surface area (Å²) >= 11 is 7.61. The van der Waals surface area contributed by atoms with Crippen LogP contribution in [0.15, 0.2) is 6.07 Å². The van der Waals surface area contributed by atoms with Gasteiger partial charge in [-0.2, -0.15) is 0 Å². The summed E-state index contributed by atoms with van der Waals surface area (Å²) in [6.45, 7) is 8.59. The second-order valence-electron chi connectivity index (χ2n) is 5.99. The van der Waals surface area contributed by atoms with Gasteiger partial charge in [0, 0.05) is 17.5 Å². The second-order valence-corrected chi connectivity index (χ2v) is 7.57. The first-order valence-electron chi connectivity index (χ1n) is 6.62. The van der Waals surface area contributed by atoms with Crippen molar-refractivity contribution in [1.82, 2.24) is 9.97 Å². The maximum absolute atomic E-state index is 9.25. The topological polar surface area (TPSA) is 58.0 Å². The molecule has 0 saturated heterocycles. The average molecular weight is 314 g/mol. The van der Waals surface area contributed by atoms with E-state index in [1.165, 1.54) is 4.88 Å². The van der Waals surface area contributed by atoms with Gasteiger partial charge in [0.05, 0.1) is 5.39 Å². The summed E-state index contributed by atoms with van der Waals surface area (Å²) in [5.41, 5.74) is 0.0115. The number of nitrogens with zero attached hydrogens (tertiary/aromatic N) is 2. The van der Waals surface area contributed by atoms with Crippen molar-refractivity contribution in [2.45, 2.75) is 40.2 Å². The van der Waals surface area contributed by atoms with E-state index in [9.17, 15) is 5.11 Å². The minimum atomic E-state index is 0.0115. The third-order valence-electron chi connectivity index (χ3n) is 3.26. The molecule has 0 aliphatic heterocycles. The average Bonchev–Trinajstić information content (AvgIpc) is 2.67. The number of aromatic nitrogens is 2. The fraction of sp³-hybridized carbons (Fsp3) is 0.571.